The molecule has 0 atom stereocenters. The molecule has 0 aliphatic carbocycles. The fourth-order valence-corrected chi connectivity index (χ4v) is 1.69. The number of rotatable bonds is 3. The standard InChI is InChI=1S/C8H6N2S.C4H11N/c1-2-7(6-9-3-1)8-10-4-5-11-8;1-2-3-4-5/h1-6H;2-5H2,1H3. The van der Waals surface area contributed by atoms with Gasteiger partial charge in [-0.1, -0.05) is 13.3 Å². The molecule has 2 heterocycles. The third-order valence-electron chi connectivity index (χ3n) is 1.90. The van der Waals surface area contributed by atoms with Crippen LogP contribution in [-0.4, -0.2) is 16.5 Å². The number of pyridine rings is 1. The van der Waals surface area contributed by atoms with Crippen LogP contribution in [0.25, 0.3) is 10.6 Å². The second kappa shape index (κ2) is 7.96. The van der Waals surface area contributed by atoms with E-state index >= 15 is 0 Å². The molecule has 0 bridgehead atoms. The highest BCUT2D eigenvalue weighted by atomic mass is 32.1. The van der Waals surface area contributed by atoms with Crippen molar-refractivity contribution < 1.29 is 0 Å². The zero-order valence-corrected chi connectivity index (χ0v) is 10.3. The van der Waals surface area contributed by atoms with Crippen molar-refractivity contribution in [1.82, 2.24) is 9.97 Å². The van der Waals surface area contributed by atoms with Crippen molar-refractivity contribution >= 4 is 11.3 Å². The molecular weight excluding hydrogens is 218 g/mol. The van der Waals surface area contributed by atoms with E-state index in [-0.39, 0.29) is 0 Å². The lowest BCUT2D eigenvalue weighted by atomic mass is 10.3. The molecule has 0 saturated carbocycles. The molecule has 0 aliphatic heterocycles. The Balaban J connectivity index is 0.000000221. The maximum Gasteiger partial charge on any atom is 0.124 e. The zero-order chi connectivity index (χ0) is 11.6. The molecule has 0 unspecified atom stereocenters. The minimum absolute atomic E-state index is 0.844. The molecule has 3 nitrogen and oxygen atoms in total. The Labute approximate surface area is 100 Å². The topological polar surface area (TPSA) is 51.8 Å². The third-order valence-corrected chi connectivity index (χ3v) is 2.72. The second-order valence-electron chi connectivity index (χ2n) is 3.22. The van der Waals surface area contributed by atoms with Crippen LogP contribution in [0.3, 0.4) is 0 Å². The molecule has 0 saturated heterocycles. The molecule has 0 aliphatic rings. The first-order valence-corrected chi connectivity index (χ1v) is 6.26. The van der Waals surface area contributed by atoms with E-state index in [1.807, 2.05) is 23.7 Å². The maximum absolute atomic E-state index is 5.14. The SMILES string of the molecule is CCCCN.c1cncc(-c2nccs2)c1. The van der Waals surface area contributed by atoms with Gasteiger partial charge in [-0.3, -0.25) is 4.98 Å². The average molecular weight is 235 g/mol. The Kier molecular flexibility index (Phi) is 6.37. The molecule has 86 valence electrons. The van der Waals surface area contributed by atoms with Gasteiger partial charge in [-0.05, 0) is 25.1 Å². The van der Waals surface area contributed by atoms with Gasteiger partial charge in [0.15, 0.2) is 0 Å². The van der Waals surface area contributed by atoms with Gasteiger partial charge in [0.25, 0.3) is 0 Å². The van der Waals surface area contributed by atoms with Crippen molar-refractivity contribution in [3.63, 3.8) is 0 Å². The third kappa shape index (κ3) is 4.51. The lowest BCUT2D eigenvalue weighted by Crippen LogP contribution is -1.95. The highest BCUT2D eigenvalue weighted by Crippen LogP contribution is 2.19. The summed E-state index contributed by atoms with van der Waals surface area (Å²) in [6, 6.07) is 3.92. The van der Waals surface area contributed by atoms with E-state index in [1.165, 1.54) is 12.8 Å². The van der Waals surface area contributed by atoms with E-state index in [9.17, 15) is 0 Å². The predicted octanol–water partition coefficient (Wildman–Crippen LogP) is 2.95. The molecule has 4 heteroatoms. The van der Waals surface area contributed by atoms with Crippen molar-refractivity contribution in [2.75, 3.05) is 6.54 Å². The first kappa shape index (κ1) is 12.8. The quantitative estimate of drug-likeness (QED) is 0.890. The van der Waals surface area contributed by atoms with Crippen LogP contribution in [0, 0.1) is 0 Å². The van der Waals surface area contributed by atoms with Crippen LogP contribution in [0.4, 0.5) is 0 Å². The summed E-state index contributed by atoms with van der Waals surface area (Å²) in [5.74, 6) is 0. The van der Waals surface area contributed by atoms with Gasteiger partial charge in [0.2, 0.25) is 0 Å². The van der Waals surface area contributed by atoms with Gasteiger partial charge in [0, 0.05) is 29.5 Å². The lowest BCUT2D eigenvalue weighted by molar-refractivity contribution is 0.807. The van der Waals surface area contributed by atoms with Crippen LogP contribution in [0.1, 0.15) is 19.8 Å². The molecule has 0 aromatic carbocycles. The summed E-state index contributed by atoms with van der Waals surface area (Å²) in [7, 11) is 0. The van der Waals surface area contributed by atoms with Crippen molar-refractivity contribution in [3.8, 4) is 10.6 Å². The average Bonchev–Trinajstić information content (AvgIpc) is 2.86. The number of aromatic nitrogens is 2. The fraction of sp³-hybridized carbons (Fsp3) is 0.333. The van der Waals surface area contributed by atoms with Crippen LogP contribution in [0.5, 0.6) is 0 Å². The Morgan fingerprint density at radius 2 is 2.25 bits per heavy atom. The van der Waals surface area contributed by atoms with Crippen molar-refractivity contribution in [3.05, 3.63) is 36.1 Å². The van der Waals surface area contributed by atoms with Gasteiger partial charge in [0.05, 0.1) is 0 Å². The van der Waals surface area contributed by atoms with Gasteiger partial charge >= 0.3 is 0 Å². The van der Waals surface area contributed by atoms with Crippen LogP contribution >= 0.6 is 11.3 Å². The molecule has 2 rings (SSSR count). The Hall–Kier alpha value is -1.26. The number of hydrogen-bond donors (Lipinski definition) is 1. The molecule has 0 spiro atoms. The smallest absolute Gasteiger partial charge is 0.124 e. The lowest BCUT2D eigenvalue weighted by Gasteiger charge is -1.91. The van der Waals surface area contributed by atoms with Crippen LogP contribution < -0.4 is 5.73 Å². The molecular formula is C12H17N3S. The van der Waals surface area contributed by atoms with E-state index in [0.29, 0.717) is 0 Å². The van der Waals surface area contributed by atoms with E-state index in [4.69, 9.17) is 5.73 Å². The largest absolute Gasteiger partial charge is 0.330 e. The minimum atomic E-state index is 0.844. The van der Waals surface area contributed by atoms with Crippen molar-refractivity contribution in [2.45, 2.75) is 19.8 Å². The van der Waals surface area contributed by atoms with Gasteiger partial charge in [-0.2, -0.15) is 0 Å². The van der Waals surface area contributed by atoms with E-state index in [0.717, 1.165) is 17.1 Å². The van der Waals surface area contributed by atoms with E-state index in [2.05, 4.69) is 16.9 Å². The summed E-state index contributed by atoms with van der Waals surface area (Å²) in [5.41, 5.74) is 6.22. The molecule has 2 aromatic heterocycles. The van der Waals surface area contributed by atoms with Crippen LogP contribution in [0.15, 0.2) is 36.1 Å². The number of thiazole rings is 1. The van der Waals surface area contributed by atoms with Gasteiger partial charge in [-0.15, -0.1) is 11.3 Å². The number of unbranched alkanes of at least 4 members (excludes halogenated alkanes) is 1. The highest BCUT2D eigenvalue weighted by Gasteiger charge is 1.96. The highest BCUT2D eigenvalue weighted by molar-refractivity contribution is 7.13. The molecule has 0 amide bonds. The molecule has 2 aromatic rings. The zero-order valence-electron chi connectivity index (χ0n) is 9.47. The molecule has 0 fully saturated rings. The first-order valence-electron chi connectivity index (χ1n) is 5.38. The Morgan fingerprint density at radius 1 is 1.38 bits per heavy atom. The summed E-state index contributed by atoms with van der Waals surface area (Å²) < 4.78 is 0. The summed E-state index contributed by atoms with van der Waals surface area (Å²) in [6.45, 7) is 2.98. The minimum Gasteiger partial charge on any atom is -0.330 e. The summed E-state index contributed by atoms with van der Waals surface area (Å²) in [6.07, 6.45) is 7.76. The Morgan fingerprint density at radius 3 is 2.69 bits per heavy atom. The van der Waals surface area contributed by atoms with Gasteiger partial charge < -0.3 is 5.73 Å². The number of hydrogen-bond acceptors (Lipinski definition) is 4. The van der Waals surface area contributed by atoms with E-state index in [1.54, 1.807) is 23.7 Å². The van der Waals surface area contributed by atoms with Crippen LogP contribution in [0.2, 0.25) is 0 Å². The molecule has 2 N–H and O–H groups in total. The normalized spacial score (nSPS) is 9.38. The van der Waals surface area contributed by atoms with Gasteiger partial charge in [-0.25, -0.2) is 4.98 Å². The summed E-state index contributed by atoms with van der Waals surface area (Å²) >= 11 is 1.62. The Bertz CT molecular complexity index is 357. The van der Waals surface area contributed by atoms with E-state index < -0.39 is 0 Å². The summed E-state index contributed by atoms with van der Waals surface area (Å²) in [5, 5.41) is 2.99. The second-order valence-corrected chi connectivity index (χ2v) is 4.12. The monoisotopic (exact) mass is 235 g/mol. The van der Waals surface area contributed by atoms with Gasteiger partial charge in [0.1, 0.15) is 5.01 Å². The predicted molar refractivity (Wildman–Crippen MR) is 69.3 cm³/mol. The fourth-order valence-electron chi connectivity index (χ4n) is 1.06. The number of nitrogens with zero attached hydrogens (tertiary/aromatic N) is 2. The van der Waals surface area contributed by atoms with Crippen molar-refractivity contribution in [2.24, 2.45) is 5.73 Å². The molecule has 0 radical (unpaired) electrons. The van der Waals surface area contributed by atoms with Crippen molar-refractivity contribution in [1.29, 1.82) is 0 Å². The summed E-state index contributed by atoms with van der Waals surface area (Å²) in [4.78, 5) is 8.17. The maximum atomic E-state index is 5.14. The molecule has 16 heavy (non-hydrogen) atoms. The number of nitrogens with two attached hydrogens (primary N) is 1. The van der Waals surface area contributed by atoms with Crippen LogP contribution in [-0.2, 0) is 0 Å². The first-order chi connectivity index (χ1) is 7.88.